The second-order valence-corrected chi connectivity index (χ2v) is 12.0. The van der Waals surface area contributed by atoms with Crippen LogP contribution >= 0.6 is 0 Å². The summed E-state index contributed by atoms with van der Waals surface area (Å²) in [7, 11) is -2.48. The third-order valence-electron chi connectivity index (χ3n) is 5.20. The van der Waals surface area contributed by atoms with Crippen LogP contribution in [0.25, 0.3) is 0 Å². The van der Waals surface area contributed by atoms with Crippen molar-refractivity contribution in [3.63, 3.8) is 0 Å². The first-order valence-corrected chi connectivity index (χ1v) is 11.0. The largest absolute Gasteiger partial charge is 0.401 e. The lowest BCUT2D eigenvalue weighted by atomic mass is 9.89. The summed E-state index contributed by atoms with van der Waals surface area (Å²) in [6.45, 7) is 6.99. The second kappa shape index (κ2) is 7.28. The van der Waals surface area contributed by atoms with E-state index in [1.165, 1.54) is 15.9 Å². The first-order valence-electron chi connectivity index (χ1n) is 9.07. The molecule has 0 saturated heterocycles. The molecular formula is C22H28O2Si. The van der Waals surface area contributed by atoms with E-state index in [1.807, 2.05) is 6.08 Å². The Morgan fingerprint density at radius 3 is 1.88 bits per heavy atom. The topological polar surface area (TPSA) is 29.5 Å². The lowest BCUT2D eigenvalue weighted by molar-refractivity contribution is 0.167. The van der Waals surface area contributed by atoms with Crippen LogP contribution in [0.4, 0.5) is 0 Å². The van der Waals surface area contributed by atoms with Crippen LogP contribution in [0.5, 0.6) is 0 Å². The van der Waals surface area contributed by atoms with Crippen molar-refractivity contribution in [3.05, 3.63) is 72.3 Å². The van der Waals surface area contributed by atoms with E-state index >= 15 is 0 Å². The summed E-state index contributed by atoms with van der Waals surface area (Å²) in [5, 5.41) is 11.9. The zero-order chi connectivity index (χ0) is 17.9. The molecule has 25 heavy (non-hydrogen) atoms. The van der Waals surface area contributed by atoms with Crippen molar-refractivity contribution in [2.24, 2.45) is 0 Å². The van der Waals surface area contributed by atoms with Crippen LogP contribution in [0.15, 0.2) is 72.3 Å². The van der Waals surface area contributed by atoms with Crippen LogP contribution in [0.1, 0.15) is 33.6 Å². The Morgan fingerprint density at radius 1 is 1.00 bits per heavy atom. The number of aliphatic hydroxyl groups excluding tert-OH is 1. The summed E-state index contributed by atoms with van der Waals surface area (Å²) in [5.41, 5.74) is 1.25. The third-order valence-corrected chi connectivity index (χ3v) is 10.2. The lowest BCUT2D eigenvalue weighted by Gasteiger charge is -2.47. The van der Waals surface area contributed by atoms with Crippen molar-refractivity contribution < 1.29 is 9.53 Å². The number of rotatable bonds is 5. The zero-order valence-corrected chi connectivity index (χ0v) is 16.4. The highest BCUT2D eigenvalue weighted by atomic mass is 28.4. The first-order chi connectivity index (χ1) is 12.0. The molecule has 0 aliphatic heterocycles. The predicted molar refractivity (Wildman–Crippen MR) is 107 cm³/mol. The molecule has 1 fully saturated rings. The highest BCUT2D eigenvalue weighted by molar-refractivity contribution is 6.99. The van der Waals surface area contributed by atoms with E-state index in [4.69, 9.17) is 4.43 Å². The van der Waals surface area contributed by atoms with E-state index in [1.54, 1.807) is 0 Å². The molecule has 0 amide bonds. The van der Waals surface area contributed by atoms with Gasteiger partial charge in [0.05, 0.1) is 12.7 Å². The first kappa shape index (κ1) is 18.1. The minimum absolute atomic E-state index is 0.00434. The quantitative estimate of drug-likeness (QED) is 0.657. The van der Waals surface area contributed by atoms with Gasteiger partial charge in [0.1, 0.15) is 0 Å². The number of hydrogen-bond donors (Lipinski definition) is 1. The fourth-order valence-electron chi connectivity index (χ4n) is 3.82. The van der Waals surface area contributed by atoms with Gasteiger partial charge in [-0.3, -0.25) is 0 Å². The van der Waals surface area contributed by atoms with Gasteiger partial charge in [-0.2, -0.15) is 0 Å². The van der Waals surface area contributed by atoms with E-state index in [2.05, 4.69) is 81.4 Å². The van der Waals surface area contributed by atoms with Gasteiger partial charge in [0, 0.05) is 0 Å². The van der Waals surface area contributed by atoms with Crippen LogP contribution in [-0.2, 0) is 4.43 Å². The Labute approximate surface area is 152 Å². The maximum atomic E-state index is 9.29. The van der Waals surface area contributed by atoms with Crippen LogP contribution < -0.4 is 10.4 Å². The van der Waals surface area contributed by atoms with Crippen molar-refractivity contribution in [1.82, 2.24) is 0 Å². The molecule has 3 heteroatoms. The van der Waals surface area contributed by atoms with Crippen molar-refractivity contribution in [2.45, 2.75) is 44.8 Å². The molecule has 0 radical (unpaired) electrons. The van der Waals surface area contributed by atoms with Crippen molar-refractivity contribution in [3.8, 4) is 0 Å². The summed E-state index contributed by atoms with van der Waals surface area (Å²) in [6, 6.07) is 21.5. The van der Waals surface area contributed by atoms with Gasteiger partial charge in [-0.1, -0.05) is 87.5 Å². The normalized spacial score (nSPS) is 19.7. The molecule has 1 unspecified atom stereocenters. The predicted octanol–water partition coefficient (Wildman–Crippen LogP) is 3.64. The minimum Gasteiger partial charge on any atom is -0.401 e. The van der Waals surface area contributed by atoms with Crippen molar-refractivity contribution in [2.75, 3.05) is 6.61 Å². The summed E-state index contributed by atoms with van der Waals surface area (Å²) in [4.78, 5) is 0. The molecule has 2 aromatic carbocycles. The van der Waals surface area contributed by atoms with Crippen LogP contribution in [-0.4, -0.2) is 26.1 Å². The Balaban J connectivity index is 2.14. The van der Waals surface area contributed by atoms with Gasteiger partial charge in [-0.25, -0.2) is 0 Å². The van der Waals surface area contributed by atoms with Crippen LogP contribution in [0.2, 0.25) is 5.04 Å². The van der Waals surface area contributed by atoms with Crippen LogP contribution in [0.3, 0.4) is 0 Å². The highest BCUT2D eigenvalue weighted by Crippen LogP contribution is 2.41. The average molecular weight is 353 g/mol. The van der Waals surface area contributed by atoms with Gasteiger partial charge < -0.3 is 9.53 Å². The molecule has 0 bridgehead atoms. The fraction of sp³-hybridized carbons (Fsp3) is 0.364. The van der Waals surface area contributed by atoms with Gasteiger partial charge in [0.25, 0.3) is 8.32 Å². The smallest absolute Gasteiger partial charge is 0.261 e. The monoisotopic (exact) mass is 352 g/mol. The third kappa shape index (κ3) is 3.37. The molecule has 1 aliphatic carbocycles. The molecule has 2 nitrogen and oxygen atoms in total. The molecular weight excluding hydrogens is 324 g/mol. The minimum atomic E-state index is -2.48. The average Bonchev–Trinajstić information content (AvgIpc) is 2.60. The molecule has 2 aromatic rings. The molecule has 132 valence electrons. The van der Waals surface area contributed by atoms with E-state index in [0.717, 1.165) is 12.8 Å². The maximum absolute atomic E-state index is 9.29. The lowest BCUT2D eigenvalue weighted by Crippen LogP contribution is -2.68. The maximum Gasteiger partial charge on any atom is 0.261 e. The van der Waals surface area contributed by atoms with Crippen LogP contribution in [0, 0.1) is 0 Å². The van der Waals surface area contributed by atoms with Gasteiger partial charge in [0.2, 0.25) is 0 Å². The second-order valence-electron chi connectivity index (χ2n) is 7.77. The fourth-order valence-corrected chi connectivity index (χ4v) is 8.53. The SMILES string of the molecule is CC(C)(C)[Si](OC1CC/C1=C\CO)(c1ccccc1)c1ccccc1. The molecule has 1 atom stereocenters. The molecule has 1 N–H and O–H groups in total. The molecule has 1 aliphatic rings. The molecule has 0 heterocycles. The van der Waals surface area contributed by atoms with E-state index in [-0.39, 0.29) is 17.7 Å². The van der Waals surface area contributed by atoms with E-state index in [0.29, 0.717) is 0 Å². The van der Waals surface area contributed by atoms with Gasteiger partial charge in [-0.15, -0.1) is 0 Å². The Bertz CT molecular complexity index is 677. The summed E-state index contributed by atoms with van der Waals surface area (Å²) >= 11 is 0. The number of hydrogen-bond acceptors (Lipinski definition) is 2. The standard InChI is InChI=1S/C22H28O2Si/c1-22(2,3)25(19-10-6-4-7-11-19,20-12-8-5-9-13-20)24-21-15-14-18(21)16-17-23/h4-13,16,21,23H,14-15,17H2,1-3H3/b18-16+. The van der Waals surface area contributed by atoms with Gasteiger partial charge >= 0.3 is 0 Å². The van der Waals surface area contributed by atoms with Crippen molar-refractivity contribution in [1.29, 1.82) is 0 Å². The summed E-state index contributed by atoms with van der Waals surface area (Å²) in [5.74, 6) is 0. The Hall–Kier alpha value is -1.68. The molecule has 0 aromatic heterocycles. The van der Waals surface area contributed by atoms with Crippen molar-refractivity contribution >= 4 is 18.7 Å². The van der Waals surface area contributed by atoms with Gasteiger partial charge in [0.15, 0.2) is 0 Å². The molecule has 3 rings (SSSR count). The van der Waals surface area contributed by atoms with E-state index < -0.39 is 8.32 Å². The van der Waals surface area contributed by atoms with Gasteiger partial charge in [-0.05, 0) is 33.8 Å². The number of aliphatic hydroxyl groups is 1. The molecule has 1 saturated carbocycles. The zero-order valence-electron chi connectivity index (χ0n) is 15.4. The summed E-state index contributed by atoms with van der Waals surface area (Å²) < 4.78 is 7.04. The Morgan fingerprint density at radius 2 is 1.52 bits per heavy atom. The van der Waals surface area contributed by atoms with E-state index in [9.17, 15) is 5.11 Å². The summed E-state index contributed by atoms with van der Waals surface area (Å²) in [6.07, 6.45) is 4.12. The molecule has 0 spiro atoms. The number of benzene rings is 2. The highest BCUT2D eigenvalue weighted by Gasteiger charge is 2.52. The Kier molecular flexibility index (Phi) is 5.28.